The average Bonchev–Trinajstić information content (AvgIpc) is 2.63. The first-order valence-electron chi connectivity index (χ1n) is 8.79. The van der Waals surface area contributed by atoms with E-state index in [4.69, 9.17) is 9.47 Å². The van der Waals surface area contributed by atoms with Gasteiger partial charge in [0.2, 0.25) is 0 Å². The fraction of sp³-hybridized carbons (Fsp3) is 0.611. The van der Waals surface area contributed by atoms with Gasteiger partial charge in [-0.05, 0) is 44.0 Å². The third-order valence-electron chi connectivity index (χ3n) is 4.24. The van der Waals surface area contributed by atoms with E-state index in [2.05, 4.69) is 12.2 Å². The second-order valence-electron chi connectivity index (χ2n) is 6.27. The van der Waals surface area contributed by atoms with Crippen molar-refractivity contribution in [1.82, 2.24) is 10.2 Å². The van der Waals surface area contributed by atoms with Gasteiger partial charge in [-0.15, -0.1) is 0 Å². The summed E-state index contributed by atoms with van der Waals surface area (Å²) in [4.78, 5) is 14.0. The van der Waals surface area contributed by atoms with E-state index < -0.39 is 12.8 Å². The van der Waals surface area contributed by atoms with Crippen LogP contribution in [0.25, 0.3) is 0 Å². The molecule has 1 aromatic rings. The number of carbonyl (C=O) groups excluding carboxylic acids is 1. The smallest absolute Gasteiger partial charge is 0.422 e. The molecule has 0 bridgehead atoms. The Morgan fingerprint density at radius 1 is 1.19 bits per heavy atom. The Kier molecular flexibility index (Phi) is 7.56. The summed E-state index contributed by atoms with van der Waals surface area (Å²) in [5, 5.41) is 3.32. The van der Waals surface area contributed by atoms with Gasteiger partial charge in [0, 0.05) is 13.1 Å². The van der Waals surface area contributed by atoms with E-state index in [1.165, 1.54) is 12.1 Å². The Balaban J connectivity index is 1.81. The predicted octanol–water partition coefficient (Wildman–Crippen LogP) is 2.85. The minimum Gasteiger partial charge on any atom is -0.480 e. The van der Waals surface area contributed by atoms with Crippen LogP contribution in [-0.4, -0.2) is 56.4 Å². The van der Waals surface area contributed by atoms with Crippen LogP contribution in [0.15, 0.2) is 24.3 Å². The predicted molar refractivity (Wildman–Crippen MR) is 91.3 cm³/mol. The van der Waals surface area contributed by atoms with Gasteiger partial charge < -0.3 is 19.7 Å². The first kappa shape index (κ1) is 20.4. The lowest BCUT2D eigenvalue weighted by molar-refractivity contribution is -0.153. The van der Waals surface area contributed by atoms with Crippen molar-refractivity contribution in [2.75, 3.05) is 39.4 Å². The standard InChI is InChI=1S/C18H25F3N2O3/c1-2-22-11-14-7-9-23(10-8-14)17(24)12-25-15-5-3-4-6-16(15)26-13-18(19,20)21/h3-6,14,22H,2,7-13H2,1H3. The summed E-state index contributed by atoms with van der Waals surface area (Å²) < 4.78 is 47.1. The number of nitrogens with zero attached hydrogens (tertiary/aromatic N) is 1. The number of amides is 1. The van der Waals surface area contributed by atoms with Gasteiger partial charge in [-0.25, -0.2) is 0 Å². The molecular weight excluding hydrogens is 349 g/mol. The number of alkyl halides is 3. The second kappa shape index (κ2) is 9.66. The lowest BCUT2D eigenvalue weighted by atomic mass is 9.97. The van der Waals surface area contributed by atoms with E-state index in [0.29, 0.717) is 19.0 Å². The largest absolute Gasteiger partial charge is 0.480 e. The number of carbonyl (C=O) groups is 1. The Labute approximate surface area is 151 Å². The third-order valence-corrected chi connectivity index (χ3v) is 4.24. The summed E-state index contributed by atoms with van der Waals surface area (Å²) >= 11 is 0. The molecule has 26 heavy (non-hydrogen) atoms. The maximum absolute atomic E-state index is 12.3. The van der Waals surface area contributed by atoms with E-state index in [9.17, 15) is 18.0 Å². The molecule has 1 amide bonds. The van der Waals surface area contributed by atoms with Crippen LogP contribution in [0.4, 0.5) is 13.2 Å². The minimum atomic E-state index is -4.43. The van der Waals surface area contributed by atoms with Gasteiger partial charge in [-0.1, -0.05) is 19.1 Å². The molecule has 0 saturated carbocycles. The van der Waals surface area contributed by atoms with Crippen LogP contribution in [-0.2, 0) is 4.79 Å². The van der Waals surface area contributed by atoms with Crippen LogP contribution in [0.2, 0.25) is 0 Å². The zero-order chi connectivity index (χ0) is 19.0. The Hall–Kier alpha value is -1.96. The molecule has 1 aliphatic rings. The van der Waals surface area contributed by atoms with Crippen LogP contribution < -0.4 is 14.8 Å². The van der Waals surface area contributed by atoms with Crippen molar-refractivity contribution in [2.45, 2.75) is 25.9 Å². The number of para-hydroxylation sites is 2. The van der Waals surface area contributed by atoms with Gasteiger partial charge in [-0.2, -0.15) is 13.2 Å². The second-order valence-corrected chi connectivity index (χ2v) is 6.27. The minimum absolute atomic E-state index is 0.0260. The van der Waals surface area contributed by atoms with Crippen molar-refractivity contribution in [3.05, 3.63) is 24.3 Å². The average molecular weight is 374 g/mol. The van der Waals surface area contributed by atoms with Crippen LogP contribution in [0.5, 0.6) is 11.5 Å². The molecule has 0 atom stereocenters. The van der Waals surface area contributed by atoms with E-state index in [0.717, 1.165) is 25.9 Å². The summed E-state index contributed by atoms with van der Waals surface area (Å²) in [5.74, 6) is 0.503. The molecule has 8 heteroatoms. The molecule has 0 aliphatic carbocycles. The SMILES string of the molecule is CCNCC1CCN(C(=O)COc2ccccc2OCC(F)(F)F)CC1. The maximum atomic E-state index is 12.3. The Morgan fingerprint density at radius 3 is 2.38 bits per heavy atom. The van der Waals surface area contributed by atoms with Gasteiger partial charge in [0.05, 0.1) is 0 Å². The molecule has 1 saturated heterocycles. The monoisotopic (exact) mass is 374 g/mol. The number of halogens is 3. The highest BCUT2D eigenvalue weighted by Gasteiger charge is 2.29. The molecule has 1 N–H and O–H groups in total. The van der Waals surface area contributed by atoms with Gasteiger partial charge in [-0.3, -0.25) is 4.79 Å². The van der Waals surface area contributed by atoms with Crippen LogP contribution >= 0.6 is 0 Å². The lowest BCUT2D eigenvalue weighted by Gasteiger charge is -2.32. The van der Waals surface area contributed by atoms with E-state index in [-0.39, 0.29) is 24.0 Å². The summed E-state index contributed by atoms with van der Waals surface area (Å²) in [6.07, 6.45) is -2.56. The van der Waals surface area contributed by atoms with Gasteiger partial charge in [0.15, 0.2) is 24.7 Å². The first-order chi connectivity index (χ1) is 12.4. The molecule has 0 radical (unpaired) electrons. The van der Waals surface area contributed by atoms with Crippen molar-refractivity contribution in [2.24, 2.45) is 5.92 Å². The third kappa shape index (κ3) is 6.74. The zero-order valence-electron chi connectivity index (χ0n) is 14.8. The van der Waals surface area contributed by atoms with E-state index in [1.807, 2.05) is 0 Å². The summed E-state index contributed by atoms with van der Waals surface area (Å²) in [7, 11) is 0. The van der Waals surface area contributed by atoms with Crippen molar-refractivity contribution < 1.29 is 27.4 Å². The molecule has 0 unspecified atom stereocenters. The van der Waals surface area contributed by atoms with Gasteiger partial charge >= 0.3 is 6.18 Å². The van der Waals surface area contributed by atoms with Crippen molar-refractivity contribution >= 4 is 5.91 Å². The lowest BCUT2D eigenvalue weighted by Crippen LogP contribution is -2.42. The van der Waals surface area contributed by atoms with Crippen molar-refractivity contribution in [3.63, 3.8) is 0 Å². The fourth-order valence-electron chi connectivity index (χ4n) is 2.81. The quantitative estimate of drug-likeness (QED) is 0.760. The first-order valence-corrected chi connectivity index (χ1v) is 8.79. The molecule has 2 rings (SSSR count). The maximum Gasteiger partial charge on any atom is 0.422 e. The van der Waals surface area contributed by atoms with E-state index >= 15 is 0 Å². The summed E-state index contributed by atoms with van der Waals surface area (Å²) in [6, 6.07) is 6.04. The molecule has 5 nitrogen and oxygen atoms in total. The molecule has 1 fully saturated rings. The van der Waals surface area contributed by atoms with Crippen molar-refractivity contribution in [3.8, 4) is 11.5 Å². The Bertz CT molecular complexity index is 573. The normalized spacial score (nSPS) is 15.8. The molecule has 1 heterocycles. The number of piperidine rings is 1. The highest BCUT2D eigenvalue weighted by Crippen LogP contribution is 2.28. The molecule has 1 aliphatic heterocycles. The van der Waals surface area contributed by atoms with Crippen LogP contribution in [0.1, 0.15) is 19.8 Å². The highest BCUT2D eigenvalue weighted by atomic mass is 19.4. The van der Waals surface area contributed by atoms with Gasteiger partial charge in [0.1, 0.15) is 0 Å². The zero-order valence-corrected chi connectivity index (χ0v) is 14.8. The van der Waals surface area contributed by atoms with E-state index in [1.54, 1.807) is 17.0 Å². The number of rotatable bonds is 8. The number of hydrogen-bond donors (Lipinski definition) is 1. The molecule has 1 aromatic carbocycles. The molecular formula is C18H25F3N2O3. The summed E-state index contributed by atoms with van der Waals surface area (Å²) in [5.41, 5.74) is 0. The molecule has 0 spiro atoms. The number of ether oxygens (including phenoxy) is 2. The highest BCUT2D eigenvalue weighted by molar-refractivity contribution is 5.78. The number of likely N-dealkylation sites (tertiary alicyclic amines) is 1. The fourth-order valence-corrected chi connectivity index (χ4v) is 2.81. The van der Waals surface area contributed by atoms with Crippen molar-refractivity contribution in [1.29, 1.82) is 0 Å². The number of nitrogens with one attached hydrogen (secondary N) is 1. The number of hydrogen-bond acceptors (Lipinski definition) is 4. The summed E-state index contributed by atoms with van der Waals surface area (Å²) in [6.45, 7) is 3.67. The van der Waals surface area contributed by atoms with Crippen LogP contribution in [0.3, 0.4) is 0 Å². The van der Waals surface area contributed by atoms with Gasteiger partial charge in [0.25, 0.3) is 5.91 Å². The number of benzene rings is 1. The molecule has 0 aromatic heterocycles. The molecule has 146 valence electrons. The topological polar surface area (TPSA) is 50.8 Å². The van der Waals surface area contributed by atoms with Crippen LogP contribution in [0, 0.1) is 5.92 Å². The Morgan fingerprint density at radius 2 is 1.81 bits per heavy atom.